The smallest absolute Gasteiger partial charge is 0.387 e. The van der Waals surface area contributed by atoms with Gasteiger partial charge in [-0.3, -0.25) is 0 Å². The Morgan fingerprint density at radius 3 is 2.75 bits per heavy atom. The van der Waals surface area contributed by atoms with Gasteiger partial charge < -0.3 is 20.1 Å². The van der Waals surface area contributed by atoms with Crippen molar-refractivity contribution in [3.05, 3.63) is 23.8 Å². The molecule has 2 rings (SSSR count). The van der Waals surface area contributed by atoms with Gasteiger partial charge in [-0.25, -0.2) is 17.7 Å². The van der Waals surface area contributed by atoms with Crippen molar-refractivity contribution in [1.82, 2.24) is 14.9 Å². The van der Waals surface area contributed by atoms with E-state index >= 15 is 0 Å². The normalized spacial score (nSPS) is 17.0. The Morgan fingerprint density at radius 1 is 1.36 bits per heavy atom. The summed E-state index contributed by atoms with van der Waals surface area (Å²) in [6, 6.07) is 4.53. The van der Waals surface area contributed by atoms with Crippen molar-refractivity contribution in [2.24, 2.45) is 4.99 Å². The highest BCUT2D eigenvalue weighted by Gasteiger charge is 2.27. The molecule has 0 bridgehead atoms. The summed E-state index contributed by atoms with van der Waals surface area (Å²) >= 11 is 0. The maximum absolute atomic E-state index is 12.6. The fourth-order valence-corrected chi connectivity index (χ4v) is 4.29. The van der Waals surface area contributed by atoms with Crippen LogP contribution in [0.2, 0.25) is 0 Å². The number of hydrogen-bond donors (Lipinski definition) is 2. The van der Waals surface area contributed by atoms with Crippen LogP contribution in [-0.2, 0) is 16.6 Å². The Bertz CT molecular complexity index is 774. The Hall–Kier alpha value is -2.14. The van der Waals surface area contributed by atoms with E-state index in [1.54, 1.807) is 6.07 Å². The first-order valence-electron chi connectivity index (χ1n) is 8.97. The minimum atomic E-state index is -3.15. The molecule has 1 aliphatic rings. The van der Waals surface area contributed by atoms with E-state index in [0.717, 1.165) is 0 Å². The van der Waals surface area contributed by atoms with Crippen LogP contribution in [0, 0.1) is 0 Å². The Labute approximate surface area is 164 Å². The van der Waals surface area contributed by atoms with E-state index in [1.165, 1.54) is 23.5 Å². The monoisotopic (exact) mass is 420 g/mol. The van der Waals surface area contributed by atoms with Crippen LogP contribution >= 0.6 is 0 Å². The minimum Gasteiger partial charge on any atom is -0.497 e. The topological polar surface area (TPSA) is 92.3 Å². The van der Waals surface area contributed by atoms with Crippen LogP contribution in [0.3, 0.4) is 0 Å². The summed E-state index contributed by atoms with van der Waals surface area (Å²) in [4.78, 5) is 4.37. The molecule has 0 unspecified atom stereocenters. The maximum Gasteiger partial charge on any atom is 0.387 e. The number of nitrogens with one attached hydrogen (secondary N) is 2. The first-order valence-corrected chi connectivity index (χ1v) is 10.6. The van der Waals surface area contributed by atoms with E-state index in [2.05, 4.69) is 20.4 Å². The summed E-state index contributed by atoms with van der Waals surface area (Å²) in [5.74, 6) is 1.16. The Morgan fingerprint density at radius 2 is 2.14 bits per heavy atom. The Balaban J connectivity index is 2.03. The van der Waals surface area contributed by atoms with Crippen molar-refractivity contribution in [3.8, 4) is 11.5 Å². The number of methoxy groups -OCH3 is 1. The predicted molar refractivity (Wildman–Crippen MR) is 102 cm³/mol. The number of halogens is 2. The lowest BCUT2D eigenvalue weighted by Crippen LogP contribution is -2.42. The molecule has 1 aromatic carbocycles. The number of aliphatic imine (C=N–C) groups is 1. The molecule has 0 aliphatic carbocycles. The van der Waals surface area contributed by atoms with Crippen LogP contribution in [0.1, 0.15) is 18.9 Å². The second kappa shape index (κ2) is 10.4. The summed E-state index contributed by atoms with van der Waals surface area (Å²) in [5.41, 5.74) is 0.443. The molecule has 1 heterocycles. The summed E-state index contributed by atoms with van der Waals surface area (Å²) in [5, 5.41) is 6.10. The third-order valence-corrected chi connectivity index (χ3v) is 6.05. The highest BCUT2D eigenvalue weighted by Crippen LogP contribution is 2.26. The van der Waals surface area contributed by atoms with Crippen molar-refractivity contribution < 1.29 is 26.7 Å². The third kappa shape index (κ3) is 6.48. The van der Waals surface area contributed by atoms with Gasteiger partial charge in [-0.05, 0) is 31.5 Å². The lowest BCUT2D eigenvalue weighted by atomic mass is 10.2. The van der Waals surface area contributed by atoms with Gasteiger partial charge in [-0.1, -0.05) is 0 Å². The first kappa shape index (κ1) is 22.2. The van der Waals surface area contributed by atoms with E-state index < -0.39 is 16.6 Å². The molecule has 2 N–H and O–H groups in total. The summed E-state index contributed by atoms with van der Waals surface area (Å²) in [6.07, 6.45) is 0.638. The van der Waals surface area contributed by atoms with Gasteiger partial charge in [0, 0.05) is 31.7 Å². The third-order valence-electron chi connectivity index (χ3n) is 4.09. The zero-order valence-corrected chi connectivity index (χ0v) is 16.8. The van der Waals surface area contributed by atoms with E-state index in [1.807, 2.05) is 6.92 Å². The van der Waals surface area contributed by atoms with E-state index in [0.29, 0.717) is 49.9 Å². The molecule has 158 valence electrons. The van der Waals surface area contributed by atoms with Crippen LogP contribution in [0.25, 0.3) is 0 Å². The predicted octanol–water partition coefficient (Wildman–Crippen LogP) is 1.39. The van der Waals surface area contributed by atoms with Crippen molar-refractivity contribution in [3.63, 3.8) is 0 Å². The van der Waals surface area contributed by atoms with E-state index in [-0.39, 0.29) is 18.0 Å². The first-order chi connectivity index (χ1) is 13.4. The van der Waals surface area contributed by atoms with Gasteiger partial charge in [0.15, 0.2) is 5.96 Å². The maximum atomic E-state index is 12.6. The summed E-state index contributed by atoms with van der Waals surface area (Å²) in [7, 11) is -1.67. The van der Waals surface area contributed by atoms with Crippen LogP contribution < -0.4 is 20.1 Å². The average Bonchev–Trinajstić information content (AvgIpc) is 2.98. The average molecular weight is 420 g/mol. The molecule has 11 heteroatoms. The fourth-order valence-electron chi connectivity index (χ4n) is 2.76. The molecule has 1 aliphatic heterocycles. The standard InChI is InChI=1S/C17H26F2N4O4S/c1-3-20-17(21-7-9-23-8-4-10-28(23,24)25)22-12-13-11-14(26-2)5-6-15(13)27-16(18)19/h5-6,11,16H,3-4,7-10,12H2,1-2H3,(H2,20,21,22). The SMILES string of the molecule is CCNC(=NCc1cc(OC)ccc1OC(F)F)NCCN1CCCS1(=O)=O. The summed E-state index contributed by atoms with van der Waals surface area (Å²) < 4.78 is 60.0. The van der Waals surface area contributed by atoms with Crippen LogP contribution in [0.4, 0.5) is 8.78 Å². The largest absolute Gasteiger partial charge is 0.497 e. The molecule has 0 radical (unpaired) electrons. The van der Waals surface area contributed by atoms with Gasteiger partial charge >= 0.3 is 6.61 Å². The zero-order chi connectivity index (χ0) is 20.6. The number of hydrogen-bond acceptors (Lipinski definition) is 5. The van der Waals surface area contributed by atoms with Crippen LogP contribution in [0.15, 0.2) is 23.2 Å². The molecule has 1 fully saturated rings. The molecule has 0 aromatic heterocycles. The molecule has 28 heavy (non-hydrogen) atoms. The fraction of sp³-hybridized carbons (Fsp3) is 0.588. The van der Waals surface area contributed by atoms with Crippen LogP contribution in [0.5, 0.6) is 11.5 Å². The lowest BCUT2D eigenvalue weighted by molar-refractivity contribution is -0.0504. The van der Waals surface area contributed by atoms with Crippen molar-refractivity contribution in [2.45, 2.75) is 26.5 Å². The van der Waals surface area contributed by atoms with E-state index in [4.69, 9.17) is 4.74 Å². The highest BCUT2D eigenvalue weighted by atomic mass is 32.2. The van der Waals surface area contributed by atoms with Crippen molar-refractivity contribution in [2.75, 3.05) is 39.0 Å². The molecular weight excluding hydrogens is 394 g/mol. The molecular formula is C17H26F2N4O4S. The minimum absolute atomic E-state index is 0.0264. The van der Waals surface area contributed by atoms with Gasteiger partial charge in [0.1, 0.15) is 11.5 Å². The molecule has 0 saturated carbocycles. The number of rotatable bonds is 9. The number of guanidine groups is 1. The van der Waals surface area contributed by atoms with Crippen molar-refractivity contribution in [1.29, 1.82) is 0 Å². The van der Waals surface area contributed by atoms with Gasteiger partial charge in [0.2, 0.25) is 10.0 Å². The highest BCUT2D eigenvalue weighted by molar-refractivity contribution is 7.89. The molecule has 1 saturated heterocycles. The van der Waals surface area contributed by atoms with Gasteiger partial charge in [-0.2, -0.15) is 8.78 Å². The van der Waals surface area contributed by atoms with Gasteiger partial charge in [0.05, 0.1) is 19.4 Å². The summed E-state index contributed by atoms with van der Waals surface area (Å²) in [6.45, 7) is 0.859. The number of nitrogens with zero attached hydrogens (tertiary/aromatic N) is 2. The molecule has 1 aromatic rings. The quantitative estimate of drug-likeness (QED) is 0.463. The van der Waals surface area contributed by atoms with E-state index in [9.17, 15) is 17.2 Å². The molecule has 0 atom stereocenters. The number of sulfonamides is 1. The van der Waals surface area contributed by atoms with Gasteiger partial charge in [0.25, 0.3) is 0 Å². The second-order valence-corrected chi connectivity index (χ2v) is 8.13. The Kier molecular flexibility index (Phi) is 8.24. The molecule has 8 nitrogen and oxygen atoms in total. The van der Waals surface area contributed by atoms with Crippen molar-refractivity contribution >= 4 is 16.0 Å². The number of alkyl halides is 2. The molecule has 0 amide bonds. The van der Waals surface area contributed by atoms with Crippen LogP contribution in [-0.4, -0.2) is 64.3 Å². The molecule has 0 spiro atoms. The number of benzene rings is 1. The second-order valence-electron chi connectivity index (χ2n) is 6.04. The lowest BCUT2D eigenvalue weighted by Gasteiger charge is -2.17. The van der Waals surface area contributed by atoms with Gasteiger partial charge in [-0.15, -0.1) is 0 Å². The zero-order valence-electron chi connectivity index (χ0n) is 16.0. The number of ether oxygens (including phenoxy) is 2.